The van der Waals surface area contributed by atoms with Crippen LogP contribution >= 0.6 is 11.6 Å². The van der Waals surface area contributed by atoms with E-state index in [1.54, 1.807) is 36.3 Å². The first-order valence-electron chi connectivity index (χ1n) is 11.6. The lowest BCUT2D eigenvalue weighted by Gasteiger charge is -2.24. The number of ether oxygens (including phenoxy) is 2. The normalized spacial score (nSPS) is 11.9. The number of fused-ring (bicyclic) bond motifs is 3. The van der Waals surface area contributed by atoms with Crippen LogP contribution in [0.5, 0.6) is 5.75 Å². The molecule has 0 bridgehead atoms. The van der Waals surface area contributed by atoms with Gasteiger partial charge in [-0.25, -0.2) is 4.79 Å². The summed E-state index contributed by atoms with van der Waals surface area (Å²) >= 11 is 5.60. The van der Waals surface area contributed by atoms with Crippen molar-refractivity contribution >= 4 is 28.6 Å². The van der Waals surface area contributed by atoms with Gasteiger partial charge in [0.15, 0.2) is 0 Å². The predicted octanol–water partition coefficient (Wildman–Crippen LogP) is 7.03. The van der Waals surface area contributed by atoms with E-state index in [1.807, 2.05) is 48.5 Å². The third-order valence-corrected chi connectivity index (χ3v) is 6.68. The summed E-state index contributed by atoms with van der Waals surface area (Å²) < 4.78 is 11.2. The number of carbonyl (C=O) groups is 2. The van der Waals surface area contributed by atoms with E-state index in [1.165, 1.54) is 11.1 Å². The first kappa shape index (κ1) is 23.6. The molecule has 0 saturated carbocycles. The summed E-state index contributed by atoms with van der Waals surface area (Å²) in [6.07, 6.45) is -0.474. The lowest BCUT2D eigenvalue weighted by Crippen LogP contribution is -2.32. The number of carbonyl (C=O) groups excluding carboxylic acids is 2. The highest BCUT2D eigenvalue weighted by Gasteiger charge is 2.30. The Morgan fingerprint density at radius 2 is 1.39 bits per heavy atom. The summed E-state index contributed by atoms with van der Waals surface area (Å²) in [6.45, 7) is 0.499. The molecule has 0 radical (unpaired) electrons. The van der Waals surface area contributed by atoms with Crippen LogP contribution in [0.3, 0.4) is 0 Å². The maximum atomic E-state index is 13.5. The van der Waals surface area contributed by atoms with Gasteiger partial charge in [-0.15, -0.1) is 0 Å². The Bertz CT molecular complexity index is 1350. The quantitative estimate of drug-likeness (QED) is 0.257. The standard InChI is InChI=1S/C30H24ClNO4/c1-35-23-16-10-20(11-17-23)18-32(22-14-12-21(13-15-22)29(31)33)30(34)36-19-28-26-8-4-2-6-24(26)25-7-3-5-9-27(25)28/h2-17,28H,18-19H2,1H3. The molecule has 0 aliphatic heterocycles. The van der Waals surface area contributed by atoms with E-state index in [0.29, 0.717) is 11.3 Å². The number of halogens is 1. The van der Waals surface area contributed by atoms with Crippen molar-refractivity contribution in [1.29, 1.82) is 0 Å². The molecule has 4 aromatic rings. The molecule has 0 unspecified atom stereocenters. The lowest BCUT2D eigenvalue weighted by molar-refractivity contribution is 0.108. The van der Waals surface area contributed by atoms with Gasteiger partial charge >= 0.3 is 6.09 Å². The molecule has 0 spiro atoms. The van der Waals surface area contributed by atoms with Crippen molar-refractivity contribution in [3.05, 3.63) is 119 Å². The Morgan fingerprint density at radius 1 is 0.806 bits per heavy atom. The van der Waals surface area contributed by atoms with Crippen LogP contribution in [0.4, 0.5) is 10.5 Å². The Kier molecular flexibility index (Phi) is 6.74. The molecule has 4 aromatic carbocycles. The molecule has 0 N–H and O–H groups in total. The van der Waals surface area contributed by atoms with Crippen LogP contribution in [0.25, 0.3) is 11.1 Å². The molecule has 0 saturated heterocycles. The maximum absolute atomic E-state index is 13.5. The van der Waals surface area contributed by atoms with E-state index >= 15 is 0 Å². The van der Waals surface area contributed by atoms with Gasteiger partial charge < -0.3 is 9.47 Å². The highest BCUT2D eigenvalue weighted by Crippen LogP contribution is 2.44. The average molecular weight is 498 g/mol. The molecule has 1 aliphatic carbocycles. The molecule has 0 heterocycles. The van der Waals surface area contributed by atoms with Crippen molar-refractivity contribution in [3.8, 4) is 16.9 Å². The van der Waals surface area contributed by atoms with E-state index in [4.69, 9.17) is 21.1 Å². The smallest absolute Gasteiger partial charge is 0.414 e. The minimum absolute atomic E-state index is 0.0413. The zero-order valence-corrected chi connectivity index (χ0v) is 20.4. The third kappa shape index (κ3) is 4.70. The Labute approximate surface area is 214 Å². The second-order valence-corrected chi connectivity index (χ2v) is 8.90. The van der Waals surface area contributed by atoms with Gasteiger partial charge in [-0.2, -0.15) is 0 Å². The zero-order valence-electron chi connectivity index (χ0n) is 19.7. The molecule has 0 fully saturated rings. The topological polar surface area (TPSA) is 55.8 Å². The van der Waals surface area contributed by atoms with Gasteiger partial charge in [0.2, 0.25) is 0 Å². The fourth-order valence-electron chi connectivity index (χ4n) is 4.62. The molecule has 1 aliphatic rings. The Balaban J connectivity index is 1.40. The third-order valence-electron chi connectivity index (χ3n) is 6.46. The SMILES string of the molecule is COc1ccc(CN(C(=O)OCC2c3ccccc3-c3ccccc32)c2ccc(C(=O)Cl)cc2)cc1. The van der Waals surface area contributed by atoms with Crippen molar-refractivity contribution in [2.45, 2.75) is 12.5 Å². The molecule has 0 atom stereocenters. The van der Waals surface area contributed by atoms with E-state index < -0.39 is 11.3 Å². The summed E-state index contributed by atoms with van der Waals surface area (Å²) in [5, 5.41) is -0.551. The van der Waals surface area contributed by atoms with Crippen LogP contribution in [-0.2, 0) is 11.3 Å². The second-order valence-electron chi connectivity index (χ2n) is 8.56. The molecule has 1 amide bonds. The van der Waals surface area contributed by atoms with Crippen molar-refractivity contribution in [2.24, 2.45) is 0 Å². The van der Waals surface area contributed by atoms with Gasteiger partial charge in [-0.05, 0) is 75.8 Å². The zero-order chi connectivity index (χ0) is 25.1. The molecule has 5 rings (SSSR count). The van der Waals surface area contributed by atoms with Gasteiger partial charge in [-0.1, -0.05) is 60.7 Å². The fourth-order valence-corrected chi connectivity index (χ4v) is 4.75. The number of hydrogen-bond acceptors (Lipinski definition) is 4. The highest BCUT2D eigenvalue weighted by atomic mass is 35.5. The molecule has 5 nitrogen and oxygen atoms in total. The summed E-state index contributed by atoms with van der Waals surface area (Å²) in [5.41, 5.74) is 6.51. The highest BCUT2D eigenvalue weighted by molar-refractivity contribution is 6.67. The molecule has 36 heavy (non-hydrogen) atoms. The number of anilines is 1. The minimum atomic E-state index is -0.551. The molecular weight excluding hydrogens is 474 g/mol. The van der Waals surface area contributed by atoms with Crippen LogP contribution in [0.15, 0.2) is 97.1 Å². The number of benzene rings is 4. The molecular formula is C30H24ClNO4. The number of amides is 1. The summed E-state index contributed by atoms with van der Waals surface area (Å²) in [4.78, 5) is 26.5. The number of hydrogen-bond donors (Lipinski definition) is 0. The molecule has 0 aromatic heterocycles. The van der Waals surface area contributed by atoms with Gasteiger partial charge in [0.1, 0.15) is 12.4 Å². The van der Waals surface area contributed by atoms with Gasteiger partial charge in [0.05, 0.1) is 13.7 Å². The predicted molar refractivity (Wildman–Crippen MR) is 141 cm³/mol. The van der Waals surface area contributed by atoms with Crippen LogP contribution in [0, 0.1) is 0 Å². The fraction of sp³-hybridized carbons (Fsp3) is 0.133. The van der Waals surface area contributed by atoms with E-state index in [2.05, 4.69) is 24.3 Å². The van der Waals surface area contributed by atoms with E-state index in [0.717, 1.165) is 22.4 Å². The lowest BCUT2D eigenvalue weighted by atomic mass is 9.98. The van der Waals surface area contributed by atoms with Gasteiger partial charge in [0, 0.05) is 17.2 Å². The number of methoxy groups -OCH3 is 1. The first-order chi connectivity index (χ1) is 17.5. The molecule has 6 heteroatoms. The van der Waals surface area contributed by atoms with Crippen LogP contribution in [0.1, 0.15) is 33.0 Å². The number of rotatable bonds is 7. The maximum Gasteiger partial charge on any atom is 0.414 e. The van der Waals surface area contributed by atoms with Crippen molar-refractivity contribution < 1.29 is 19.1 Å². The summed E-state index contributed by atoms with van der Waals surface area (Å²) in [7, 11) is 1.61. The van der Waals surface area contributed by atoms with Crippen molar-refractivity contribution in [3.63, 3.8) is 0 Å². The average Bonchev–Trinajstić information content (AvgIpc) is 3.24. The Morgan fingerprint density at radius 3 is 1.94 bits per heavy atom. The van der Waals surface area contributed by atoms with Gasteiger partial charge in [0.25, 0.3) is 5.24 Å². The van der Waals surface area contributed by atoms with Crippen LogP contribution < -0.4 is 9.64 Å². The monoisotopic (exact) mass is 497 g/mol. The van der Waals surface area contributed by atoms with E-state index in [-0.39, 0.29) is 19.1 Å². The van der Waals surface area contributed by atoms with Crippen molar-refractivity contribution in [2.75, 3.05) is 18.6 Å². The van der Waals surface area contributed by atoms with E-state index in [9.17, 15) is 9.59 Å². The molecule has 180 valence electrons. The second kappa shape index (κ2) is 10.3. The van der Waals surface area contributed by atoms with Crippen LogP contribution in [0.2, 0.25) is 0 Å². The minimum Gasteiger partial charge on any atom is -0.497 e. The van der Waals surface area contributed by atoms with Gasteiger partial charge in [-0.3, -0.25) is 9.69 Å². The number of nitrogens with zero attached hydrogens (tertiary/aromatic N) is 1. The summed E-state index contributed by atoms with van der Waals surface area (Å²) in [6, 6.07) is 30.5. The van der Waals surface area contributed by atoms with Crippen molar-refractivity contribution in [1.82, 2.24) is 0 Å². The first-order valence-corrected chi connectivity index (χ1v) is 12.0. The summed E-state index contributed by atoms with van der Waals surface area (Å²) in [5.74, 6) is 0.692. The van der Waals surface area contributed by atoms with Crippen LogP contribution in [-0.4, -0.2) is 25.1 Å². The largest absolute Gasteiger partial charge is 0.497 e. The Hall–Kier alpha value is -4.09.